The van der Waals surface area contributed by atoms with Gasteiger partial charge in [0.25, 0.3) is 0 Å². The number of aldehydes is 1. The van der Waals surface area contributed by atoms with Gasteiger partial charge in [-0.15, -0.1) is 0 Å². The minimum Gasteiger partial charge on any atom is -0.309 e. The van der Waals surface area contributed by atoms with Crippen molar-refractivity contribution in [2.45, 2.75) is 13.1 Å². The lowest BCUT2D eigenvalue weighted by Gasteiger charge is -2.09. The number of imidazole rings is 1. The van der Waals surface area contributed by atoms with Gasteiger partial charge in [0.2, 0.25) is 22.2 Å². The van der Waals surface area contributed by atoms with Gasteiger partial charge in [0.05, 0.1) is 17.6 Å². The van der Waals surface area contributed by atoms with Gasteiger partial charge in [0.15, 0.2) is 16.6 Å². The number of halogens is 5. The third kappa shape index (κ3) is 7.45. The van der Waals surface area contributed by atoms with Crippen LogP contribution in [0.2, 0.25) is 5.15 Å². The Morgan fingerprint density at radius 1 is 1.13 bits per heavy atom. The highest BCUT2D eigenvalue weighted by molar-refractivity contribution is 7.92. The van der Waals surface area contributed by atoms with Crippen molar-refractivity contribution in [3.05, 3.63) is 59.6 Å². The van der Waals surface area contributed by atoms with Gasteiger partial charge in [-0.25, -0.2) is 27.3 Å². The van der Waals surface area contributed by atoms with Crippen LogP contribution in [-0.4, -0.2) is 52.6 Å². The Kier molecular flexibility index (Phi) is 8.31. The van der Waals surface area contributed by atoms with E-state index in [4.69, 9.17) is 16.4 Å². The van der Waals surface area contributed by atoms with E-state index in [2.05, 4.69) is 25.1 Å². The fourth-order valence-electron chi connectivity index (χ4n) is 3.10. The van der Waals surface area contributed by atoms with Crippen LogP contribution in [0.25, 0.3) is 28.2 Å². The number of amides is 1. The fourth-order valence-corrected chi connectivity index (χ4v) is 3.86. The Morgan fingerprint density at radius 2 is 1.82 bits per heavy atom. The average molecular weight is 573 g/mol. The van der Waals surface area contributed by atoms with Crippen molar-refractivity contribution in [2.24, 2.45) is 0 Å². The van der Waals surface area contributed by atoms with Gasteiger partial charge >= 0.3 is 6.18 Å². The summed E-state index contributed by atoms with van der Waals surface area (Å²) in [6.45, 7) is 1.34. The van der Waals surface area contributed by atoms with Gasteiger partial charge in [-0.2, -0.15) is 18.3 Å². The van der Waals surface area contributed by atoms with Crippen molar-refractivity contribution in [3.8, 4) is 22.5 Å². The molecule has 1 aromatic carbocycles. The number of hydrogen-bond donors (Lipinski definition) is 2. The summed E-state index contributed by atoms with van der Waals surface area (Å²) in [5.74, 6) is -0.577. The van der Waals surface area contributed by atoms with E-state index in [1.54, 1.807) is 18.2 Å². The molecule has 3 heterocycles. The van der Waals surface area contributed by atoms with Crippen LogP contribution in [0.3, 0.4) is 0 Å². The molecule has 0 bridgehead atoms. The van der Waals surface area contributed by atoms with Crippen molar-refractivity contribution in [1.82, 2.24) is 19.6 Å². The van der Waals surface area contributed by atoms with Crippen LogP contribution in [0.1, 0.15) is 6.92 Å². The highest BCUT2D eigenvalue weighted by Crippen LogP contribution is 2.31. The smallest absolute Gasteiger partial charge is 0.309 e. The molecule has 4 rings (SSSR count). The van der Waals surface area contributed by atoms with Crippen LogP contribution in [0.15, 0.2) is 48.7 Å². The zero-order valence-electron chi connectivity index (χ0n) is 19.4. The molecule has 3 aromatic heterocycles. The van der Waals surface area contributed by atoms with Crippen LogP contribution in [0, 0.1) is 5.82 Å². The maximum atomic E-state index is 13.9. The predicted molar refractivity (Wildman–Crippen MR) is 132 cm³/mol. The van der Waals surface area contributed by atoms with Gasteiger partial charge in [0, 0.05) is 24.2 Å². The monoisotopic (exact) mass is 572 g/mol. The molecule has 200 valence electrons. The largest absolute Gasteiger partial charge is 0.446 e. The second-order valence-corrected chi connectivity index (χ2v) is 9.69. The second kappa shape index (κ2) is 11.1. The van der Waals surface area contributed by atoms with Crippen LogP contribution < -0.4 is 10.0 Å². The predicted octanol–water partition coefficient (Wildman–Crippen LogP) is 4.33. The molecule has 0 aliphatic rings. The lowest BCUT2D eigenvalue weighted by Crippen LogP contribution is -2.10. The maximum Gasteiger partial charge on any atom is 0.446 e. The molecule has 10 nitrogen and oxygen atoms in total. The number of anilines is 2. The summed E-state index contributed by atoms with van der Waals surface area (Å²) in [7, 11) is -3.57. The molecule has 0 aliphatic carbocycles. The highest BCUT2D eigenvalue weighted by Gasteiger charge is 2.25. The zero-order chi connectivity index (χ0) is 28.3. The molecule has 38 heavy (non-hydrogen) atoms. The first-order valence-electron chi connectivity index (χ1n) is 10.3. The minimum atomic E-state index is -4.64. The van der Waals surface area contributed by atoms with Gasteiger partial charge < -0.3 is 5.32 Å². The number of alkyl halides is 3. The first kappa shape index (κ1) is 28.5. The summed E-state index contributed by atoms with van der Waals surface area (Å²) in [6.07, 6.45) is -3.26. The number of benzene rings is 1. The van der Waals surface area contributed by atoms with Crippen LogP contribution >= 0.6 is 11.6 Å². The van der Waals surface area contributed by atoms with Crippen molar-refractivity contribution in [3.63, 3.8) is 0 Å². The maximum absolute atomic E-state index is 13.9. The van der Waals surface area contributed by atoms with E-state index in [9.17, 15) is 30.8 Å². The molecule has 16 heteroatoms. The summed E-state index contributed by atoms with van der Waals surface area (Å²) in [6, 6.07) is 10.6. The van der Waals surface area contributed by atoms with Crippen LogP contribution in [0.4, 0.5) is 29.1 Å². The summed E-state index contributed by atoms with van der Waals surface area (Å²) < 4.78 is 72.1. The number of carbonyl (C=O) groups excluding carboxylic acids is 2. The third-order valence-corrected chi connectivity index (χ3v) is 5.33. The third-order valence-electron chi connectivity index (χ3n) is 4.43. The van der Waals surface area contributed by atoms with E-state index in [-0.39, 0.29) is 22.6 Å². The van der Waals surface area contributed by atoms with Crippen molar-refractivity contribution >= 4 is 51.0 Å². The Morgan fingerprint density at radius 3 is 2.39 bits per heavy atom. The van der Waals surface area contributed by atoms with Gasteiger partial charge in [0.1, 0.15) is 11.5 Å². The van der Waals surface area contributed by atoms with Crippen molar-refractivity contribution < 1.29 is 35.6 Å². The summed E-state index contributed by atoms with van der Waals surface area (Å²) in [4.78, 5) is 28.8. The quantitative estimate of drug-likeness (QED) is 0.206. The number of rotatable bonds is 5. The summed E-state index contributed by atoms with van der Waals surface area (Å²) in [5, 5.41) is 7.19. The molecule has 0 aliphatic heterocycles. The number of sulfonamides is 1. The standard InChI is InChI=1S/C20H16ClFN6O3S.C2HF3O/c1-11(29)24-20-18(12-4-3-5-14(22)8-12)28-17(25-20)7-6-15(26-28)13-9-16(19(21)23-10-13)27-32(2,30)31;3-2(4,5)1-6/h3-10,27H,1-2H3,(H,24,29);1H. The van der Waals surface area contributed by atoms with E-state index in [0.29, 0.717) is 28.2 Å². The zero-order valence-corrected chi connectivity index (χ0v) is 21.0. The number of pyridine rings is 1. The first-order chi connectivity index (χ1) is 17.7. The van der Waals surface area contributed by atoms with E-state index in [1.165, 1.54) is 41.9 Å². The Hall–Kier alpha value is -4.11. The molecule has 0 fully saturated rings. The molecule has 0 spiro atoms. The number of nitrogens with zero attached hydrogens (tertiary/aromatic N) is 4. The van der Waals surface area contributed by atoms with Crippen molar-refractivity contribution in [2.75, 3.05) is 16.3 Å². The molecule has 0 radical (unpaired) electrons. The molecule has 0 saturated carbocycles. The van der Waals surface area contributed by atoms with Crippen molar-refractivity contribution in [1.29, 1.82) is 0 Å². The number of nitrogens with one attached hydrogen (secondary N) is 2. The number of carbonyl (C=O) groups is 2. The van der Waals surface area contributed by atoms with Gasteiger partial charge in [-0.3, -0.25) is 14.3 Å². The van der Waals surface area contributed by atoms with E-state index in [0.717, 1.165) is 6.26 Å². The van der Waals surface area contributed by atoms with E-state index in [1.807, 2.05) is 0 Å². The van der Waals surface area contributed by atoms with Crippen LogP contribution in [-0.2, 0) is 19.6 Å². The number of hydrogen-bond acceptors (Lipinski definition) is 7. The van der Waals surface area contributed by atoms with E-state index >= 15 is 0 Å². The molecule has 1 amide bonds. The molecule has 2 N–H and O–H groups in total. The van der Waals surface area contributed by atoms with Gasteiger partial charge in [-0.05, 0) is 30.3 Å². The van der Waals surface area contributed by atoms with Crippen LogP contribution in [0.5, 0.6) is 0 Å². The normalized spacial score (nSPS) is 11.4. The summed E-state index contributed by atoms with van der Waals surface area (Å²) in [5.41, 5.74) is 2.24. The second-order valence-electron chi connectivity index (χ2n) is 7.59. The molecule has 0 saturated heterocycles. The Balaban J connectivity index is 0.000000599. The lowest BCUT2D eigenvalue weighted by atomic mass is 10.1. The van der Waals surface area contributed by atoms with E-state index < -0.39 is 28.3 Å². The first-order valence-corrected chi connectivity index (χ1v) is 12.5. The molecule has 4 aromatic rings. The molecule has 0 unspecified atom stereocenters. The highest BCUT2D eigenvalue weighted by atomic mass is 35.5. The Labute approximate surface area is 217 Å². The lowest BCUT2D eigenvalue weighted by molar-refractivity contribution is -0.156. The topological polar surface area (TPSA) is 135 Å². The Bertz CT molecular complexity index is 1630. The molecular weight excluding hydrogens is 556 g/mol. The van der Waals surface area contributed by atoms with Gasteiger partial charge in [-0.1, -0.05) is 23.7 Å². The molecule has 0 atom stereocenters. The fraction of sp³-hybridized carbons (Fsp3) is 0.136. The minimum absolute atomic E-state index is 0.0173. The number of aromatic nitrogens is 4. The average Bonchev–Trinajstić information content (AvgIpc) is 3.16. The molecular formula is C22H17ClF4N6O4S. The SMILES string of the molecule is CC(=O)Nc1nc2ccc(-c3cnc(Cl)c(NS(C)(=O)=O)c3)nn2c1-c1cccc(F)c1.O=CC(F)(F)F. The number of fused-ring (bicyclic) bond motifs is 1. The summed E-state index contributed by atoms with van der Waals surface area (Å²) >= 11 is 6.01.